The summed E-state index contributed by atoms with van der Waals surface area (Å²) in [5.74, 6) is 0.833. The molecule has 1 fully saturated rings. The van der Waals surface area contributed by atoms with E-state index in [2.05, 4.69) is 5.32 Å². The van der Waals surface area contributed by atoms with E-state index in [-0.39, 0.29) is 5.75 Å². The van der Waals surface area contributed by atoms with Crippen LogP contribution in [0.25, 0.3) is 0 Å². The van der Waals surface area contributed by atoms with Crippen LogP contribution in [0.4, 0.5) is 5.69 Å². The lowest BCUT2D eigenvalue weighted by Gasteiger charge is -2.12. The third-order valence-electron chi connectivity index (χ3n) is 3.76. The Bertz CT molecular complexity index is 527. The molecule has 0 aliphatic heterocycles. The maximum Gasteiger partial charge on any atom is 0.178 e. The highest BCUT2D eigenvalue weighted by Gasteiger charge is 2.22. The molecule has 20 heavy (non-hydrogen) atoms. The van der Waals surface area contributed by atoms with Gasteiger partial charge >= 0.3 is 0 Å². The minimum Gasteiger partial charge on any atom is -0.385 e. The quantitative estimate of drug-likeness (QED) is 0.814. The van der Waals surface area contributed by atoms with E-state index in [0.29, 0.717) is 22.6 Å². The van der Waals surface area contributed by atoms with Gasteiger partial charge in [-0.2, -0.15) is 0 Å². The highest BCUT2D eigenvalue weighted by molar-refractivity contribution is 7.91. The second-order valence-electron chi connectivity index (χ2n) is 5.50. The topological polar surface area (TPSA) is 46.2 Å². The fourth-order valence-electron chi connectivity index (χ4n) is 2.63. The van der Waals surface area contributed by atoms with E-state index in [4.69, 9.17) is 11.6 Å². The first-order chi connectivity index (χ1) is 9.51. The molecule has 1 saturated carbocycles. The van der Waals surface area contributed by atoms with Gasteiger partial charge in [-0.1, -0.05) is 6.92 Å². The minimum atomic E-state index is -3.11. The summed E-state index contributed by atoms with van der Waals surface area (Å²) in [7, 11) is -3.11. The number of benzene rings is 1. The highest BCUT2D eigenvalue weighted by atomic mass is 35.5. The van der Waals surface area contributed by atoms with Crippen LogP contribution in [0.3, 0.4) is 0 Å². The van der Waals surface area contributed by atoms with Crippen LogP contribution in [0, 0.1) is 5.92 Å². The van der Waals surface area contributed by atoms with Crippen LogP contribution in [0.1, 0.15) is 32.6 Å². The van der Waals surface area contributed by atoms with Crippen molar-refractivity contribution in [3.05, 3.63) is 24.3 Å². The zero-order chi connectivity index (χ0) is 14.6. The Hall–Kier alpha value is -0.740. The molecule has 112 valence electrons. The average Bonchev–Trinajstić information content (AvgIpc) is 2.83. The lowest BCUT2D eigenvalue weighted by atomic mass is 10.1. The monoisotopic (exact) mass is 315 g/mol. The second kappa shape index (κ2) is 6.81. The molecule has 3 nitrogen and oxygen atoms in total. The fourth-order valence-corrected chi connectivity index (χ4v) is 4.33. The smallest absolute Gasteiger partial charge is 0.178 e. The van der Waals surface area contributed by atoms with Crippen molar-refractivity contribution in [2.75, 3.05) is 17.6 Å². The maximum atomic E-state index is 11.9. The lowest BCUT2D eigenvalue weighted by molar-refractivity contribution is 0.580. The number of rotatable bonds is 6. The molecular formula is C15H22ClNO2S. The van der Waals surface area contributed by atoms with E-state index in [1.807, 2.05) is 19.1 Å². The summed E-state index contributed by atoms with van der Waals surface area (Å²) in [6.07, 6.45) is 3.98. The van der Waals surface area contributed by atoms with Gasteiger partial charge in [-0.3, -0.25) is 0 Å². The van der Waals surface area contributed by atoms with Crippen molar-refractivity contribution in [1.82, 2.24) is 0 Å². The van der Waals surface area contributed by atoms with Crippen molar-refractivity contribution in [1.29, 1.82) is 0 Å². The molecule has 0 saturated heterocycles. The van der Waals surface area contributed by atoms with Crippen LogP contribution in [-0.4, -0.2) is 26.1 Å². The van der Waals surface area contributed by atoms with Crippen molar-refractivity contribution in [3.63, 3.8) is 0 Å². The highest BCUT2D eigenvalue weighted by Crippen LogP contribution is 2.29. The van der Waals surface area contributed by atoms with Crippen LogP contribution in [-0.2, 0) is 9.84 Å². The first kappa shape index (κ1) is 15.6. The Kier molecular flexibility index (Phi) is 5.33. The minimum absolute atomic E-state index is 0.207. The zero-order valence-corrected chi connectivity index (χ0v) is 13.4. The maximum absolute atomic E-state index is 11.9. The predicted molar refractivity (Wildman–Crippen MR) is 84.3 cm³/mol. The number of halogens is 1. The van der Waals surface area contributed by atoms with Crippen molar-refractivity contribution in [3.8, 4) is 0 Å². The molecule has 1 aromatic carbocycles. The number of nitrogens with one attached hydrogen (secondary N) is 1. The molecule has 0 bridgehead atoms. The Labute approximate surface area is 126 Å². The van der Waals surface area contributed by atoms with E-state index in [1.54, 1.807) is 12.1 Å². The predicted octanol–water partition coefficient (Wildman–Crippen LogP) is 3.69. The summed E-state index contributed by atoms with van der Waals surface area (Å²) in [5.41, 5.74) is 0.971. The van der Waals surface area contributed by atoms with E-state index >= 15 is 0 Å². The first-order valence-electron chi connectivity index (χ1n) is 7.22. The molecule has 5 heteroatoms. The summed E-state index contributed by atoms with van der Waals surface area (Å²) >= 11 is 6.09. The molecule has 1 N–H and O–H groups in total. The van der Waals surface area contributed by atoms with Crippen LogP contribution in [0.2, 0.25) is 0 Å². The molecule has 1 aromatic rings. The number of hydrogen-bond donors (Lipinski definition) is 1. The number of hydrogen-bond acceptors (Lipinski definition) is 3. The third kappa shape index (κ3) is 4.13. The Morgan fingerprint density at radius 3 is 2.50 bits per heavy atom. The molecule has 0 heterocycles. The van der Waals surface area contributed by atoms with Crippen molar-refractivity contribution in [2.24, 2.45) is 5.92 Å². The van der Waals surface area contributed by atoms with Gasteiger partial charge in [0.2, 0.25) is 0 Å². The fraction of sp³-hybridized carbons (Fsp3) is 0.600. The second-order valence-corrected chi connectivity index (χ2v) is 8.23. The van der Waals surface area contributed by atoms with Crippen LogP contribution < -0.4 is 5.32 Å². The van der Waals surface area contributed by atoms with E-state index in [9.17, 15) is 8.42 Å². The molecule has 0 spiro atoms. The molecule has 1 aliphatic carbocycles. The SMILES string of the molecule is CCCS(=O)(=O)c1ccc(NCC2CCC(Cl)C2)cc1. The molecule has 2 rings (SSSR count). The summed E-state index contributed by atoms with van der Waals surface area (Å²) in [5, 5.41) is 3.69. The summed E-state index contributed by atoms with van der Waals surface area (Å²) < 4.78 is 23.8. The van der Waals surface area contributed by atoms with Gasteiger partial charge in [0, 0.05) is 17.6 Å². The van der Waals surface area contributed by atoms with Crippen molar-refractivity contribution < 1.29 is 8.42 Å². The van der Waals surface area contributed by atoms with E-state index < -0.39 is 9.84 Å². The molecule has 0 radical (unpaired) electrons. The van der Waals surface area contributed by atoms with E-state index in [1.165, 1.54) is 6.42 Å². The van der Waals surface area contributed by atoms with Crippen molar-refractivity contribution in [2.45, 2.75) is 42.9 Å². The van der Waals surface area contributed by atoms with Crippen LogP contribution in [0.5, 0.6) is 0 Å². The first-order valence-corrected chi connectivity index (χ1v) is 9.31. The van der Waals surface area contributed by atoms with E-state index in [0.717, 1.165) is 25.1 Å². The van der Waals surface area contributed by atoms with Gasteiger partial charge in [-0.25, -0.2) is 8.42 Å². The summed E-state index contributed by atoms with van der Waals surface area (Å²) in [6, 6.07) is 7.06. The van der Waals surface area contributed by atoms with Gasteiger partial charge in [-0.05, 0) is 55.9 Å². The Balaban J connectivity index is 1.92. The van der Waals surface area contributed by atoms with Gasteiger partial charge in [-0.15, -0.1) is 11.6 Å². The third-order valence-corrected chi connectivity index (χ3v) is 6.09. The zero-order valence-electron chi connectivity index (χ0n) is 11.8. The Morgan fingerprint density at radius 1 is 1.25 bits per heavy atom. The van der Waals surface area contributed by atoms with Gasteiger partial charge in [0.25, 0.3) is 0 Å². The number of anilines is 1. The standard InChI is InChI=1S/C15H22ClNO2S/c1-2-9-20(18,19)15-7-5-14(6-8-15)17-11-12-3-4-13(16)10-12/h5-8,12-13,17H,2-4,9-11H2,1H3. The normalized spacial score (nSPS) is 22.9. The lowest BCUT2D eigenvalue weighted by Crippen LogP contribution is -2.12. The summed E-state index contributed by atoms with van der Waals surface area (Å²) in [6.45, 7) is 2.78. The molecule has 1 aliphatic rings. The van der Waals surface area contributed by atoms with Crippen molar-refractivity contribution >= 4 is 27.1 Å². The van der Waals surface area contributed by atoms with Crippen LogP contribution >= 0.6 is 11.6 Å². The van der Waals surface area contributed by atoms with Gasteiger partial charge in [0.05, 0.1) is 10.6 Å². The van der Waals surface area contributed by atoms with Gasteiger partial charge in [0.1, 0.15) is 0 Å². The van der Waals surface area contributed by atoms with Crippen LogP contribution in [0.15, 0.2) is 29.2 Å². The molecule has 0 aromatic heterocycles. The largest absolute Gasteiger partial charge is 0.385 e. The molecule has 0 amide bonds. The molecule has 2 unspecified atom stereocenters. The van der Waals surface area contributed by atoms with Gasteiger partial charge in [0.15, 0.2) is 9.84 Å². The summed E-state index contributed by atoms with van der Waals surface area (Å²) in [4.78, 5) is 0.409. The number of alkyl halides is 1. The van der Waals surface area contributed by atoms with Gasteiger partial charge < -0.3 is 5.32 Å². The molecule has 2 atom stereocenters. The average molecular weight is 316 g/mol. The Morgan fingerprint density at radius 2 is 1.95 bits per heavy atom. The molecular weight excluding hydrogens is 294 g/mol. The number of sulfone groups is 1.